The van der Waals surface area contributed by atoms with Crippen molar-refractivity contribution < 1.29 is 0 Å². The van der Waals surface area contributed by atoms with Gasteiger partial charge < -0.3 is 18.3 Å². The Kier molecular flexibility index (Phi) is 8.95. The fourth-order valence-corrected chi connectivity index (χ4v) is 21.1. The summed E-state index contributed by atoms with van der Waals surface area (Å²) in [4.78, 5) is 0. The molecule has 0 fully saturated rings. The summed E-state index contributed by atoms with van der Waals surface area (Å²) in [5, 5.41) is 10.5. The molecule has 22 rings (SSSR count). The van der Waals surface area contributed by atoms with Crippen LogP contribution in [0.5, 0.6) is 0 Å². The summed E-state index contributed by atoms with van der Waals surface area (Å²) in [5.74, 6) is 0. The molecule has 0 bridgehead atoms. The van der Waals surface area contributed by atoms with E-state index in [4.69, 9.17) is 0 Å². The Morgan fingerprint density at radius 2 is 0.617 bits per heavy atom. The lowest BCUT2D eigenvalue weighted by molar-refractivity contribution is 0.561. The Bertz CT molecular complexity index is 6400. The van der Waals surface area contributed by atoms with Crippen molar-refractivity contribution in [2.45, 2.75) is 116 Å². The molecule has 4 heteroatoms. The Labute approximate surface area is 546 Å². The Balaban J connectivity index is 0.793. The lowest BCUT2D eigenvalue weighted by Crippen LogP contribution is -2.33. The third-order valence-electron chi connectivity index (χ3n) is 25.3. The quantitative estimate of drug-likeness (QED) is 0.156. The third kappa shape index (κ3) is 5.57. The maximum absolute atomic E-state index is 2.73. The van der Waals surface area contributed by atoms with E-state index in [9.17, 15) is 0 Å². The van der Waals surface area contributed by atoms with Gasteiger partial charge in [0, 0.05) is 81.1 Å². The van der Waals surface area contributed by atoms with Gasteiger partial charge in [0.25, 0.3) is 0 Å². The zero-order valence-corrected chi connectivity index (χ0v) is 55.4. The van der Waals surface area contributed by atoms with E-state index in [1.54, 1.807) is 0 Å². The minimum absolute atomic E-state index is 0.208. The van der Waals surface area contributed by atoms with Crippen LogP contribution in [0.15, 0.2) is 206 Å². The molecule has 6 aliphatic rings. The minimum Gasteiger partial charge on any atom is -0.309 e. The van der Waals surface area contributed by atoms with Crippen molar-refractivity contribution in [2.75, 3.05) is 0 Å². The van der Waals surface area contributed by atoms with Crippen LogP contribution in [0.25, 0.3) is 143 Å². The molecule has 0 spiro atoms. The number of hydrogen-bond acceptors (Lipinski definition) is 0. The molecule has 0 N–H and O–H groups in total. The predicted molar refractivity (Wildman–Crippen MR) is 393 cm³/mol. The van der Waals surface area contributed by atoms with Crippen LogP contribution in [0.2, 0.25) is 0 Å². The van der Waals surface area contributed by atoms with E-state index in [1.807, 2.05) is 0 Å². The molecule has 2 aliphatic carbocycles. The summed E-state index contributed by atoms with van der Waals surface area (Å²) in [7, 11) is 0. The molecule has 0 radical (unpaired) electrons. The van der Waals surface area contributed by atoms with Gasteiger partial charge in [-0.3, -0.25) is 0 Å². The second-order valence-corrected chi connectivity index (χ2v) is 31.9. The smallest absolute Gasteiger partial charge is 0.0619 e. The van der Waals surface area contributed by atoms with Gasteiger partial charge in [0.1, 0.15) is 0 Å². The number of nitrogens with zero attached hydrogens (tertiary/aromatic N) is 4. The van der Waals surface area contributed by atoms with Gasteiger partial charge in [0.05, 0.1) is 66.9 Å². The Hall–Kier alpha value is -10.2. The molecule has 4 aliphatic heterocycles. The van der Waals surface area contributed by atoms with Gasteiger partial charge >= 0.3 is 0 Å². The van der Waals surface area contributed by atoms with Crippen LogP contribution in [-0.2, 0) is 32.5 Å². The first-order chi connectivity index (χ1) is 45.2. The average Bonchev–Trinajstić information content (AvgIpc) is 1.50. The van der Waals surface area contributed by atoms with Crippen molar-refractivity contribution in [3.8, 4) is 56.1 Å². The summed E-state index contributed by atoms with van der Waals surface area (Å²) in [6.45, 7) is 30.0. The third-order valence-corrected chi connectivity index (χ3v) is 25.3. The summed E-state index contributed by atoms with van der Waals surface area (Å²) in [6, 6.07) is 80.9. The van der Waals surface area contributed by atoms with Crippen LogP contribution >= 0.6 is 0 Å². The van der Waals surface area contributed by atoms with Gasteiger partial charge in [-0.25, -0.2) is 0 Å². The summed E-state index contributed by atoms with van der Waals surface area (Å²) in [6.07, 6.45) is 0. The molecule has 0 saturated carbocycles. The topological polar surface area (TPSA) is 19.7 Å². The van der Waals surface area contributed by atoms with Gasteiger partial charge in [-0.05, 0) is 161 Å². The van der Waals surface area contributed by atoms with Crippen LogP contribution < -0.4 is 0 Å². The Morgan fingerprint density at radius 1 is 0.202 bits per heavy atom. The highest BCUT2D eigenvalue weighted by atomic mass is 15.0. The van der Waals surface area contributed by atoms with Crippen LogP contribution in [0, 0.1) is 0 Å². The molecule has 0 saturated heterocycles. The highest BCUT2D eigenvalue weighted by molar-refractivity contribution is 6.24. The van der Waals surface area contributed by atoms with E-state index >= 15 is 0 Å². The van der Waals surface area contributed by atoms with Crippen molar-refractivity contribution in [2.24, 2.45) is 0 Å². The van der Waals surface area contributed by atoms with Gasteiger partial charge in [-0.2, -0.15) is 0 Å². The predicted octanol–water partition coefficient (Wildman–Crippen LogP) is 22.9. The molecule has 0 unspecified atom stereocenters. The summed E-state index contributed by atoms with van der Waals surface area (Å²) in [5.41, 5.74) is 38.8. The molecule has 16 aromatic rings. The van der Waals surface area contributed by atoms with Crippen molar-refractivity contribution in [1.82, 2.24) is 18.3 Å². The highest BCUT2D eigenvalue weighted by Crippen LogP contribution is 2.65. The van der Waals surface area contributed by atoms with Gasteiger partial charge in [0.2, 0.25) is 0 Å². The molecule has 0 amide bonds. The van der Waals surface area contributed by atoms with Crippen LogP contribution in [0.4, 0.5) is 0 Å². The molecular formula is C90H70N4. The largest absolute Gasteiger partial charge is 0.309 e. The number of para-hydroxylation sites is 7. The van der Waals surface area contributed by atoms with E-state index < -0.39 is 0 Å². The van der Waals surface area contributed by atoms with E-state index in [2.05, 4.69) is 308 Å². The van der Waals surface area contributed by atoms with Crippen molar-refractivity contribution >= 4 is 87.2 Å². The van der Waals surface area contributed by atoms with Crippen molar-refractivity contribution in [3.63, 3.8) is 0 Å². The Morgan fingerprint density at radius 3 is 1.21 bits per heavy atom. The fraction of sp³-hybridized carbons (Fsp3) is 0.200. The molecule has 12 aromatic carbocycles. The second-order valence-electron chi connectivity index (χ2n) is 31.9. The first-order valence-corrected chi connectivity index (χ1v) is 34.2. The molecule has 94 heavy (non-hydrogen) atoms. The fourth-order valence-electron chi connectivity index (χ4n) is 21.1. The summed E-state index contributed by atoms with van der Waals surface area (Å²) >= 11 is 0. The zero-order chi connectivity index (χ0) is 63.3. The molecule has 4 nitrogen and oxygen atoms in total. The number of benzene rings is 12. The molecule has 4 aromatic heterocycles. The van der Waals surface area contributed by atoms with Crippen molar-refractivity contribution in [1.29, 1.82) is 0 Å². The standard InChI is InChI=1S/C90H70N4/c1-85(2)62-33-24-30-50-47-25-13-18-34-68(47)92(81(50)62)73-45-64-54(43-66(73)85)55-44-67-74(46-65(55)87(64,5)6)93-70-36-20-15-27-53(70)75-49(39-40-63(84(75)93)86(67,3)4)51-28-23-29-52-59-42-57-56-41-58-48-26-14-19-35-69(48)91-71-37-21-16-31-60(71)88(7,8)78(82(58)91)76(56)90(11,12)77(57)79-83(59)94(80(51)52)72-38-22-17-32-61(72)89(79,9)10/h13-46H,1-12H3. The van der Waals surface area contributed by atoms with Crippen LogP contribution in [0.1, 0.15) is 150 Å². The second kappa shape index (κ2) is 16.1. The monoisotopic (exact) mass is 1210 g/mol. The highest BCUT2D eigenvalue weighted by Gasteiger charge is 2.51. The molecular weight excluding hydrogens is 1140 g/mol. The number of fused-ring (bicyclic) bond motifs is 28. The lowest BCUT2D eigenvalue weighted by Gasteiger charge is -2.41. The first-order valence-electron chi connectivity index (χ1n) is 34.2. The van der Waals surface area contributed by atoms with E-state index in [-0.39, 0.29) is 32.5 Å². The molecule has 0 atom stereocenters. The zero-order valence-electron chi connectivity index (χ0n) is 55.4. The normalized spacial score (nSPS) is 17.4. The number of rotatable bonds is 1. The van der Waals surface area contributed by atoms with Crippen LogP contribution in [0.3, 0.4) is 0 Å². The van der Waals surface area contributed by atoms with Crippen LogP contribution in [-0.4, -0.2) is 18.3 Å². The maximum Gasteiger partial charge on any atom is 0.0619 e. The average molecular weight is 1210 g/mol. The minimum atomic E-state index is -0.344. The van der Waals surface area contributed by atoms with E-state index in [1.165, 1.54) is 210 Å². The van der Waals surface area contributed by atoms with Gasteiger partial charge in [-0.15, -0.1) is 0 Å². The van der Waals surface area contributed by atoms with Gasteiger partial charge in [0.15, 0.2) is 0 Å². The molecule has 450 valence electrons. The van der Waals surface area contributed by atoms with Crippen molar-refractivity contribution in [3.05, 3.63) is 273 Å². The number of hydrogen-bond donors (Lipinski definition) is 0. The van der Waals surface area contributed by atoms with Gasteiger partial charge in [-0.1, -0.05) is 223 Å². The number of aromatic nitrogens is 4. The first kappa shape index (κ1) is 52.3. The lowest BCUT2D eigenvalue weighted by atomic mass is 9.65. The SMILES string of the molecule is CC1(C)c2cc3c(cc2-c2cc4c(cc21)-n1c2ccccc2c2c(-c5cccc6c7cc8c(c9c7n(c56)-c5ccccc5C9(C)C)C(C)(C)c5c-8cc6c7ccccc7n7c6c5C(C)(C)c5ccccc5-7)ccc(c21)C4(C)C)C(C)(C)c1cccc2c4ccccc4n-3c12. The maximum atomic E-state index is 2.73. The van der Waals surface area contributed by atoms with E-state index in [0.29, 0.717) is 0 Å². The van der Waals surface area contributed by atoms with E-state index in [0.717, 1.165) is 0 Å². The molecule has 8 heterocycles. The summed E-state index contributed by atoms with van der Waals surface area (Å²) < 4.78 is 10.6.